The number of hydrogen-bond acceptors (Lipinski definition) is 7. The Hall–Kier alpha value is -4.95. The number of nitrogens with zero attached hydrogens (tertiary/aromatic N) is 1. The maximum Gasteiger partial charge on any atom is 0.294 e. The zero-order valence-corrected chi connectivity index (χ0v) is 21.2. The molecule has 9 heteroatoms. The van der Waals surface area contributed by atoms with Crippen molar-refractivity contribution in [2.24, 2.45) is 0 Å². The van der Waals surface area contributed by atoms with Crippen molar-refractivity contribution in [3.63, 3.8) is 0 Å². The van der Waals surface area contributed by atoms with Gasteiger partial charge in [-0.05, 0) is 60.7 Å². The van der Waals surface area contributed by atoms with Gasteiger partial charge in [-0.1, -0.05) is 29.8 Å². The standard InChI is InChI=1S/C30H20ClNO7/c1-36-24-16-18(31)14-17-15-23(39-29(17)24)27(33)25-26(22-8-5-13-37-22)32(30(35)28(25)34)19-9-11-21(12-10-19)38-20-6-3-2-4-7-20/h2-16,26,34H,1H3. The minimum absolute atomic E-state index is 0.0927. The largest absolute Gasteiger partial charge is 0.503 e. The van der Waals surface area contributed by atoms with Gasteiger partial charge in [-0.25, -0.2) is 0 Å². The van der Waals surface area contributed by atoms with Gasteiger partial charge in [0.05, 0.1) is 18.9 Å². The van der Waals surface area contributed by atoms with Crippen LogP contribution in [0.5, 0.6) is 17.2 Å². The minimum Gasteiger partial charge on any atom is -0.503 e. The Bertz CT molecular complexity index is 1720. The number of carbonyl (C=O) groups is 2. The van der Waals surface area contributed by atoms with Crippen molar-refractivity contribution >= 4 is 39.9 Å². The average Bonchev–Trinajstić information content (AvgIpc) is 3.68. The third-order valence-electron chi connectivity index (χ3n) is 6.35. The van der Waals surface area contributed by atoms with Crippen LogP contribution in [0.3, 0.4) is 0 Å². The molecule has 0 aliphatic carbocycles. The predicted octanol–water partition coefficient (Wildman–Crippen LogP) is 7.26. The fraction of sp³-hybridized carbons (Fsp3) is 0.0667. The van der Waals surface area contributed by atoms with Gasteiger partial charge >= 0.3 is 0 Å². The van der Waals surface area contributed by atoms with E-state index in [2.05, 4.69) is 0 Å². The lowest BCUT2D eigenvalue weighted by Crippen LogP contribution is -2.30. The Labute approximate surface area is 227 Å². The average molecular weight is 542 g/mol. The number of Topliss-reactive ketones (excluding diaryl/α,β-unsaturated/α-hetero) is 1. The zero-order chi connectivity index (χ0) is 27.1. The number of anilines is 1. The normalized spacial score (nSPS) is 15.3. The first-order valence-electron chi connectivity index (χ1n) is 11.9. The smallest absolute Gasteiger partial charge is 0.294 e. The van der Waals surface area contributed by atoms with Gasteiger partial charge in [0.1, 0.15) is 23.3 Å². The second-order valence-electron chi connectivity index (χ2n) is 8.73. The van der Waals surface area contributed by atoms with Crippen molar-refractivity contribution in [3.05, 3.63) is 119 Å². The van der Waals surface area contributed by atoms with Gasteiger partial charge in [-0.2, -0.15) is 0 Å². The van der Waals surface area contributed by atoms with Crippen molar-refractivity contribution in [1.82, 2.24) is 0 Å². The highest BCUT2D eigenvalue weighted by atomic mass is 35.5. The minimum atomic E-state index is -1.04. The molecule has 1 amide bonds. The van der Waals surface area contributed by atoms with Crippen LogP contribution >= 0.6 is 11.6 Å². The molecule has 0 saturated heterocycles. The number of benzene rings is 3. The Morgan fingerprint density at radius 1 is 0.974 bits per heavy atom. The van der Waals surface area contributed by atoms with E-state index in [-0.39, 0.29) is 17.1 Å². The van der Waals surface area contributed by atoms with Crippen LogP contribution in [0.25, 0.3) is 11.0 Å². The fourth-order valence-electron chi connectivity index (χ4n) is 4.60. The van der Waals surface area contributed by atoms with Crippen LogP contribution in [0.1, 0.15) is 22.4 Å². The monoisotopic (exact) mass is 541 g/mol. The highest BCUT2D eigenvalue weighted by Gasteiger charge is 2.46. The highest BCUT2D eigenvalue weighted by molar-refractivity contribution is 6.31. The maximum absolute atomic E-state index is 13.8. The number of halogens is 1. The lowest BCUT2D eigenvalue weighted by Gasteiger charge is -2.25. The SMILES string of the molecule is COc1cc(Cl)cc2cc(C(=O)C3=C(O)C(=O)N(c4ccc(Oc5ccccc5)cc4)C3c3ccco3)oc12. The molecule has 0 saturated carbocycles. The quantitative estimate of drug-likeness (QED) is 0.216. The summed E-state index contributed by atoms with van der Waals surface area (Å²) < 4.78 is 22.6. The van der Waals surface area contributed by atoms with Crippen LogP contribution in [0, 0.1) is 0 Å². The van der Waals surface area contributed by atoms with Crippen LogP contribution in [0.15, 0.2) is 111 Å². The molecule has 1 aliphatic rings. The highest BCUT2D eigenvalue weighted by Crippen LogP contribution is 2.43. The van der Waals surface area contributed by atoms with Crippen molar-refractivity contribution < 1.29 is 33.0 Å². The number of ketones is 1. The maximum atomic E-state index is 13.8. The molecule has 1 aliphatic heterocycles. The lowest BCUT2D eigenvalue weighted by atomic mass is 9.99. The van der Waals surface area contributed by atoms with E-state index < -0.39 is 23.5 Å². The molecule has 1 unspecified atom stereocenters. The molecule has 0 fully saturated rings. The predicted molar refractivity (Wildman–Crippen MR) is 144 cm³/mol. The molecule has 1 atom stereocenters. The van der Waals surface area contributed by atoms with Crippen molar-refractivity contribution in [1.29, 1.82) is 0 Å². The molecule has 2 aromatic heterocycles. The fourth-order valence-corrected chi connectivity index (χ4v) is 4.82. The first-order valence-corrected chi connectivity index (χ1v) is 12.3. The van der Waals surface area contributed by atoms with Crippen LogP contribution in [0.2, 0.25) is 5.02 Å². The van der Waals surface area contributed by atoms with E-state index >= 15 is 0 Å². The van der Waals surface area contributed by atoms with E-state index in [1.807, 2.05) is 30.3 Å². The first-order chi connectivity index (χ1) is 18.9. The Morgan fingerprint density at radius 2 is 1.72 bits per heavy atom. The van der Waals surface area contributed by atoms with Crippen LogP contribution in [0.4, 0.5) is 5.69 Å². The number of para-hydroxylation sites is 1. The number of fused-ring (bicyclic) bond motifs is 1. The Morgan fingerprint density at radius 3 is 2.41 bits per heavy atom. The molecule has 39 heavy (non-hydrogen) atoms. The summed E-state index contributed by atoms with van der Waals surface area (Å²) in [6, 6.07) is 22.9. The van der Waals surface area contributed by atoms with Gasteiger partial charge in [0, 0.05) is 22.2 Å². The number of methoxy groups -OCH3 is 1. The van der Waals surface area contributed by atoms with E-state index in [1.165, 1.54) is 24.3 Å². The molecular formula is C30H20ClNO7. The van der Waals surface area contributed by atoms with Crippen LogP contribution in [-0.2, 0) is 4.79 Å². The van der Waals surface area contributed by atoms with Crippen molar-refractivity contribution in [2.75, 3.05) is 12.0 Å². The first kappa shape index (κ1) is 24.4. The van der Waals surface area contributed by atoms with E-state index in [1.54, 1.807) is 48.5 Å². The topological polar surface area (TPSA) is 102 Å². The molecule has 194 valence electrons. The summed E-state index contributed by atoms with van der Waals surface area (Å²) in [5.41, 5.74) is 0.563. The van der Waals surface area contributed by atoms with Gasteiger partial charge in [0.25, 0.3) is 5.91 Å². The number of ether oxygens (including phenoxy) is 2. The summed E-state index contributed by atoms with van der Waals surface area (Å²) in [6.45, 7) is 0. The van der Waals surface area contributed by atoms with Gasteiger partial charge in [0.2, 0.25) is 5.78 Å². The van der Waals surface area contributed by atoms with E-state index in [9.17, 15) is 14.7 Å². The molecule has 5 aromatic rings. The number of aliphatic hydroxyl groups is 1. The molecular weight excluding hydrogens is 522 g/mol. The summed E-state index contributed by atoms with van der Waals surface area (Å²) in [7, 11) is 1.46. The molecule has 0 radical (unpaired) electrons. The number of rotatable bonds is 7. The molecule has 0 bridgehead atoms. The molecule has 8 nitrogen and oxygen atoms in total. The number of hydrogen-bond donors (Lipinski definition) is 1. The third kappa shape index (κ3) is 4.30. The summed E-state index contributed by atoms with van der Waals surface area (Å²) in [6.07, 6.45) is 1.43. The molecule has 6 rings (SSSR count). The van der Waals surface area contributed by atoms with E-state index in [4.69, 9.17) is 29.9 Å². The van der Waals surface area contributed by atoms with E-state index in [0.717, 1.165) is 0 Å². The van der Waals surface area contributed by atoms with Gasteiger partial charge in [-0.3, -0.25) is 14.5 Å². The van der Waals surface area contributed by atoms with Crippen molar-refractivity contribution in [2.45, 2.75) is 6.04 Å². The number of aliphatic hydroxyl groups excluding tert-OH is 1. The summed E-state index contributed by atoms with van der Waals surface area (Å²) in [5, 5.41) is 11.9. The third-order valence-corrected chi connectivity index (χ3v) is 6.57. The summed E-state index contributed by atoms with van der Waals surface area (Å²) >= 11 is 6.17. The lowest BCUT2D eigenvalue weighted by molar-refractivity contribution is -0.117. The number of carbonyl (C=O) groups excluding carboxylic acids is 2. The summed E-state index contributed by atoms with van der Waals surface area (Å²) in [5.74, 6) is -0.379. The second kappa shape index (κ2) is 9.74. The van der Waals surface area contributed by atoms with Gasteiger partial charge in [-0.15, -0.1) is 0 Å². The van der Waals surface area contributed by atoms with Gasteiger partial charge in [0.15, 0.2) is 22.9 Å². The zero-order valence-electron chi connectivity index (χ0n) is 20.5. The van der Waals surface area contributed by atoms with Crippen LogP contribution in [-0.4, -0.2) is 23.9 Å². The molecule has 1 N–H and O–H groups in total. The Balaban J connectivity index is 1.38. The Kier molecular flexibility index (Phi) is 6.09. The number of furan rings is 2. The molecule has 3 aromatic carbocycles. The van der Waals surface area contributed by atoms with Crippen LogP contribution < -0.4 is 14.4 Å². The van der Waals surface area contributed by atoms with Gasteiger partial charge < -0.3 is 23.4 Å². The van der Waals surface area contributed by atoms with Crippen molar-refractivity contribution in [3.8, 4) is 17.2 Å². The molecule has 3 heterocycles. The number of amides is 1. The van der Waals surface area contributed by atoms with E-state index in [0.29, 0.717) is 38.9 Å². The summed E-state index contributed by atoms with van der Waals surface area (Å²) in [4.78, 5) is 28.4. The molecule has 0 spiro atoms. The second-order valence-corrected chi connectivity index (χ2v) is 9.17.